The van der Waals surface area contributed by atoms with Crippen LogP contribution in [-0.4, -0.2) is 9.55 Å². The summed E-state index contributed by atoms with van der Waals surface area (Å²) in [5.41, 5.74) is 7.06. The number of benzene rings is 1. The number of hydrogen-bond acceptors (Lipinski definition) is 4. The lowest BCUT2D eigenvalue weighted by atomic mass is 10.2. The van der Waals surface area contributed by atoms with Crippen LogP contribution in [0.25, 0.3) is 0 Å². The molecule has 0 unspecified atom stereocenters. The molecular formula is C14H17N3O2. The van der Waals surface area contributed by atoms with Crippen molar-refractivity contribution in [3.05, 3.63) is 52.6 Å². The van der Waals surface area contributed by atoms with E-state index < -0.39 is 0 Å². The first-order valence-electron chi connectivity index (χ1n) is 6.23. The van der Waals surface area contributed by atoms with E-state index >= 15 is 0 Å². The van der Waals surface area contributed by atoms with Crippen LogP contribution in [0.2, 0.25) is 0 Å². The zero-order valence-electron chi connectivity index (χ0n) is 10.9. The van der Waals surface area contributed by atoms with E-state index in [1.165, 1.54) is 0 Å². The van der Waals surface area contributed by atoms with Gasteiger partial charge in [-0.2, -0.15) is 0 Å². The first-order chi connectivity index (χ1) is 9.20. The first kappa shape index (κ1) is 13.1. The molecule has 2 rings (SSSR count). The van der Waals surface area contributed by atoms with Crippen molar-refractivity contribution in [3.8, 4) is 5.88 Å². The number of nitrogen functional groups attached to an aromatic ring is 1. The van der Waals surface area contributed by atoms with Gasteiger partial charge in [-0.05, 0) is 24.1 Å². The smallest absolute Gasteiger partial charge is 0.313 e. The standard InChI is InChI=1S/C14H17N3O2/c1-2-8-17-9-7-16-13(14(17)18)19-10-11-3-5-12(15)6-4-11/h3-7,9H,2,8,10,15H2,1H3. The summed E-state index contributed by atoms with van der Waals surface area (Å²) < 4.78 is 7.07. The lowest BCUT2D eigenvalue weighted by Gasteiger charge is -2.07. The van der Waals surface area contributed by atoms with Gasteiger partial charge in [-0.1, -0.05) is 19.1 Å². The van der Waals surface area contributed by atoms with E-state index in [4.69, 9.17) is 10.5 Å². The summed E-state index contributed by atoms with van der Waals surface area (Å²) in [7, 11) is 0. The monoisotopic (exact) mass is 259 g/mol. The molecule has 2 aromatic rings. The quantitative estimate of drug-likeness (QED) is 0.831. The molecule has 0 saturated heterocycles. The van der Waals surface area contributed by atoms with Gasteiger partial charge in [0, 0.05) is 24.6 Å². The fourth-order valence-corrected chi connectivity index (χ4v) is 1.71. The highest BCUT2D eigenvalue weighted by Gasteiger charge is 2.05. The molecule has 5 nitrogen and oxygen atoms in total. The average Bonchev–Trinajstić information content (AvgIpc) is 2.42. The molecule has 1 aromatic heterocycles. The Hall–Kier alpha value is -2.30. The molecule has 0 atom stereocenters. The van der Waals surface area contributed by atoms with Crippen molar-refractivity contribution >= 4 is 5.69 Å². The second kappa shape index (κ2) is 6.04. The van der Waals surface area contributed by atoms with Crippen molar-refractivity contribution in [2.45, 2.75) is 26.5 Å². The van der Waals surface area contributed by atoms with Gasteiger partial charge in [-0.25, -0.2) is 4.98 Å². The minimum absolute atomic E-state index is 0.132. The molecule has 0 fully saturated rings. The number of nitrogens with two attached hydrogens (primary N) is 1. The minimum Gasteiger partial charge on any atom is -0.469 e. The Balaban J connectivity index is 2.09. The molecule has 1 aromatic carbocycles. The molecule has 0 radical (unpaired) electrons. The van der Waals surface area contributed by atoms with E-state index in [1.54, 1.807) is 29.1 Å². The lowest BCUT2D eigenvalue weighted by Crippen LogP contribution is -2.22. The predicted octanol–water partition coefficient (Wildman–Crippen LogP) is 1.81. The molecule has 0 bridgehead atoms. The van der Waals surface area contributed by atoms with E-state index in [0.717, 1.165) is 12.0 Å². The van der Waals surface area contributed by atoms with Gasteiger partial charge in [0.2, 0.25) is 0 Å². The molecule has 100 valence electrons. The third kappa shape index (κ3) is 3.34. The number of aromatic nitrogens is 2. The summed E-state index contributed by atoms with van der Waals surface area (Å²) in [4.78, 5) is 16.0. The normalized spacial score (nSPS) is 10.4. The summed E-state index contributed by atoms with van der Waals surface area (Å²) in [6.07, 6.45) is 4.14. The fourth-order valence-electron chi connectivity index (χ4n) is 1.71. The van der Waals surface area contributed by atoms with Crippen molar-refractivity contribution in [2.24, 2.45) is 0 Å². The zero-order chi connectivity index (χ0) is 13.7. The van der Waals surface area contributed by atoms with Crippen LogP contribution in [0.1, 0.15) is 18.9 Å². The van der Waals surface area contributed by atoms with Gasteiger partial charge in [0.15, 0.2) is 0 Å². The lowest BCUT2D eigenvalue weighted by molar-refractivity contribution is 0.285. The maximum absolute atomic E-state index is 12.0. The van der Waals surface area contributed by atoms with Crippen molar-refractivity contribution in [1.29, 1.82) is 0 Å². The van der Waals surface area contributed by atoms with Crippen LogP contribution < -0.4 is 16.0 Å². The second-order valence-electron chi connectivity index (χ2n) is 4.26. The average molecular weight is 259 g/mol. The van der Waals surface area contributed by atoms with E-state index in [2.05, 4.69) is 4.98 Å². The van der Waals surface area contributed by atoms with Gasteiger partial charge in [0.05, 0.1) is 0 Å². The summed E-state index contributed by atoms with van der Waals surface area (Å²) in [5, 5.41) is 0. The molecule has 0 spiro atoms. The minimum atomic E-state index is -0.195. The van der Waals surface area contributed by atoms with Gasteiger partial charge in [0.1, 0.15) is 6.61 Å². The molecule has 1 heterocycles. The summed E-state index contributed by atoms with van der Waals surface area (Å²) in [6.45, 7) is 2.99. The Labute approximate surface area is 111 Å². The van der Waals surface area contributed by atoms with Crippen LogP contribution in [0.3, 0.4) is 0 Å². The molecule has 0 saturated carbocycles. The zero-order valence-corrected chi connectivity index (χ0v) is 10.9. The van der Waals surface area contributed by atoms with Crippen LogP contribution in [-0.2, 0) is 13.2 Å². The first-order valence-corrected chi connectivity index (χ1v) is 6.23. The molecule has 5 heteroatoms. The van der Waals surface area contributed by atoms with Gasteiger partial charge in [-0.3, -0.25) is 4.79 Å². The van der Waals surface area contributed by atoms with Gasteiger partial charge >= 0.3 is 5.56 Å². The highest BCUT2D eigenvalue weighted by Crippen LogP contribution is 2.08. The number of ether oxygens (including phenoxy) is 1. The Morgan fingerprint density at radius 1 is 1.32 bits per heavy atom. The van der Waals surface area contributed by atoms with Crippen LogP contribution in [0.4, 0.5) is 5.69 Å². The van der Waals surface area contributed by atoms with Crippen LogP contribution in [0.15, 0.2) is 41.5 Å². The van der Waals surface area contributed by atoms with E-state index in [9.17, 15) is 4.79 Å². The SMILES string of the molecule is CCCn1ccnc(OCc2ccc(N)cc2)c1=O. The number of aryl methyl sites for hydroxylation is 1. The number of anilines is 1. The number of nitrogens with zero attached hydrogens (tertiary/aromatic N) is 2. The number of hydrogen-bond donors (Lipinski definition) is 1. The Bertz CT molecular complexity index is 590. The van der Waals surface area contributed by atoms with E-state index in [0.29, 0.717) is 18.8 Å². The van der Waals surface area contributed by atoms with Crippen molar-refractivity contribution in [3.63, 3.8) is 0 Å². The second-order valence-corrected chi connectivity index (χ2v) is 4.26. The Morgan fingerprint density at radius 2 is 2.05 bits per heavy atom. The van der Waals surface area contributed by atoms with Gasteiger partial charge < -0.3 is 15.0 Å². The van der Waals surface area contributed by atoms with Crippen molar-refractivity contribution in [2.75, 3.05) is 5.73 Å². The summed E-state index contributed by atoms with van der Waals surface area (Å²) >= 11 is 0. The third-order valence-corrected chi connectivity index (χ3v) is 2.70. The highest BCUT2D eigenvalue weighted by atomic mass is 16.5. The Kier molecular flexibility index (Phi) is 4.18. The van der Waals surface area contributed by atoms with Crippen LogP contribution in [0.5, 0.6) is 5.88 Å². The van der Waals surface area contributed by atoms with E-state index in [1.807, 2.05) is 19.1 Å². The predicted molar refractivity (Wildman–Crippen MR) is 74.0 cm³/mol. The highest BCUT2D eigenvalue weighted by molar-refractivity contribution is 5.39. The largest absolute Gasteiger partial charge is 0.469 e. The molecule has 0 aliphatic heterocycles. The van der Waals surface area contributed by atoms with Crippen LogP contribution >= 0.6 is 0 Å². The van der Waals surface area contributed by atoms with Gasteiger partial charge in [-0.15, -0.1) is 0 Å². The van der Waals surface area contributed by atoms with E-state index in [-0.39, 0.29) is 11.4 Å². The summed E-state index contributed by atoms with van der Waals surface area (Å²) in [6, 6.07) is 7.32. The molecule has 2 N–H and O–H groups in total. The maximum atomic E-state index is 12.0. The fraction of sp³-hybridized carbons (Fsp3) is 0.286. The maximum Gasteiger partial charge on any atom is 0.313 e. The van der Waals surface area contributed by atoms with Crippen molar-refractivity contribution in [1.82, 2.24) is 9.55 Å². The summed E-state index contributed by atoms with van der Waals surface area (Å²) in [5.74, 6) is 0.132. The Morgan fingerprint density at radius 3 is 2.74 bits per heavy atom. The topological polar surface area (TPSA) is 70.1 Å². The van der Waals surface area contributed by atoms with Gasteiger partial charge in [0.25, 0.3) is 5.88 Å². The molecule has 0 amide bonds. The molecular weight excluding hydrogens is 242 g/mol. The number of rotatable bonds is 5. The third-order valence-electron chi connectivity index (χ3n) is 2.70. The molecule has 0 aliphatic carbocycles. The molecule has 0 aliphatic rings. The molecule has 19 heavy (non-hydrogen) atoms. The van der Waals surface area contributed by atoms with Crippen molar-refractivity contribution < 1.29 is 4.74 Å². The van der Waals surface area contributed by atoms with Crippen LogP contribution in [0, 0.1) is 0 Å².